The molecule has 2 N–H and O–H groups in total. The molecule has 3 atom stereocenters. The molecule has 2 aliphatic rings. The summed E-state index contributed by atoms with van der Waals surface area (Å²) in [6, 6.07) is 9.29. The summed E-state index contributed by atoms with van der Waals surface area (Å²) in [7, 11) is 0. The minimum Gasteiger partial charge on any atom is -0.467 e. The molecule has 2 aromatic heterocycles. The van der Waals surface area contributed by atoms with Gasteiger partial charge in [0.15, 0.2) is 0 Å². The number of rotatable bonds is 7. The smallest absolute Gasteiger partial charge is 0.228 e. The Bertz CT molecular complexity index is 1390. The van der Waals surface area contributed by atoms with Gasteiger partial charge in [-0.15, -0.1) is 0 Å². The van der Waals surface area contributed by atoms with Crippen molar-refractivity contribution in [2.45, 2.75) is 78.0 Å². The van der Waals surface area contributed by atoms with Crippen molar-refractivity contribution in [1.29, 1.82) is 0 Å². The lowest BCUT2D eigenvalue weighted by Gasteiger charge is -2.54. The average molecular weight is 553 g/mol. The molecular weight excluding hydrogens is 516 g/mol. The van der Waals surface area contributed by atoms with E-state index in [0.717, 1.165) is 22.2 Å². The van der Waals surface area contributed by atoms with Crippen LogP contribution in [0.15, 0.2) is 41.0 Å². The summed E-state index contributed by atoms with van der Waals surface area (Å²) in [4.78, 5) is 48.6. The van der Waals surface area contributed by atoms with Crippen molar-refractivity contribution >= 4 is 40.2 Å². The van der Waals surface area contributed by atoms with Crippen LogP contribution >= 0.6 is 11.6 Å². The summed E-state index contributed by atoms with van der Waals surface area (Å²) in [6.45, 7) is 10.8. The summed E-state index contributed by atoms with van der Waals surface area (Å²) in [6.07, 6.45) is 2.52. The van der Waals surface area contributed by atoms with Gasteiger partial charge in [-0.25, -0.2) is 0 Å². The number of hydrogen-bond acceptors (Lipinski definition) is 4. The van der Waals surface area contributed by atoms with E-state index in [4.69, 9.17) is 16.0 Å². The largest absolute Gasteiger partial charge is 0.467 e. The number of aromatic amines is 1. The summed E-state index contributed by atoms with van der Waals surface area (Å²) in [5.74, 6) is -0.785. The zero-order valence-electron chi connectivity index (χ0n) is 23.2. The molecule has 0 bridgehead atoms. The van der Waals surface area contributed by atoms with E-state index in [1.807, 2.05) is 62.6 Å². The van der Waals surface area contributed by atoms with Gasteiger partial charge in [0.05, 0.1) is 24.3 Å². The maximum Gasteiger partial charge on any atom is 0.228 e. The second kappa shape index (κ2) is 10.4. The van der Waals surface area contributed by atoms with Crippen molar-refractivity contribution in [3.63, 3.8) is 0 Å². The van der Waals surface area contributed by atoms with E-state index in [1.165, 1.54) is 0 Å². The summed E-state index contributed by atoms with van der Waals surface area (Å²) in [5.41, 5.74) is 2.06. The second-order valence-corrected chi connectivity index (χ2v) is 12.0. The van der Waals surface area contributed by atoms with Crippen molar-refractivity contribution in [2.75, 3.05) is 6.54 Å². The lowest BCUT2D eigenvalue weighted by molar-refractivity contribution is -0.166. The number of halogens is 1. The Hall–Kier alpha value is -3.26. The number of amides is 3. The molecule has 0 unspecified atom stereocenters. The van der Waals surface area contributed by atoms with Gasteiger partial charge in [-0.3, -0.25) is 14.4 Å². The molecule has 3 amide bonds. The lowest BCUT2D eigenvalue weighted by atomic mass is 9.67. The fourth-order valence-electron chi connectivity index (χ4n) is 6.73. The van der Waals surface area contributed by atoms with Crippen LogP contribution in [-0.4, -0.2) is 51.1 Å². The van der Waals surface area contributed by atoms with Gasteiger partial charge < -0.3 is 24.5 Å². The molecule has 2 aliphatic heterocycles. The molecule has 1 fully saturated rings. The second-order valence-electron chi connectivity index (χ2n) is 11.5. The minimum absolute atomic E-state index is 0.00512. The van der Waals surface area contributed by atoms with E-state index in [0.29, 0.717) is 30.2 Å². The SMILES string of the molecule is CC(C)N(C(=O)[C@H]1C[C@H](CC(=O)NCc2ccco2)C(=O)N2CCc3c([nH]c4ccc(Cl)cc34)[C@]12C)C(C)C. The lowest BCUT2D eigenvalue weighted by Crippen LogP contribution is -2.65. The van der Waals surface area contributed by atoms with Crippen LogP contribution in [0.1, 0.15) is 64.5 Å². The normalized spacial score (nSPS) is 22.8. The maximum atomic E-state index is 14.4. The highest BCUT2D eigenvalue weighted by Gasteiger charge is 2.57. The van der Waals surface area contributed by atoms with Crippen LogP contribution < -0.4 is 5.32 Å². The molecule has 0 saturated carbocycles. The zero-order valence-corrected chi connectivity index (χ0v) is 24.0. The van der Waals surface area contributed by atoms with Crippen LogP contribution in [0.3, 0.4) is 0 Å². The number of aromatic nitrogens is 1. The summed E-state index contributed by atoms with van der Waals surface area (Å²) in [5, 5.41) is 4.54. The fraction of sp³-hybridized carbons (Fsp3) is 0.500. The number of carbonyl (C=O) groups excluding carboxylic acids is 3. The Kier molecular flexibility index (Phi) is 7.27. The Morgan fingerprint density at radius 3 is 2.64 bits per heavy atom. The fourth-order valence-corrected chi connectivity index (χ4v) is 6.90. The number of nitrogens with zero attached hydrogens (tertiary/aromatic N) is 2. The quantitative estimate of drug-likeness (QED) is 0.431. The van der Waals surface area contributed by atoms with E-state index >= 15 is 0 Å². The van der Waals surface area contributed by atoms with Crippen molar-refractivity contribution in [2.24, 2.45) is 11.8 Å². The van der Waals surface area contributed by atoms with Gasteiger partial charge in [0, 0.05) is 52.6 Å². The first-order chi connectivity index (χ1) is 18.5. The minimum atomic E-state index is -0.879. The molecule has 1 aromatic carbocycles. The Balaban J connectivity index is 1.53. The molecular formula is C30H37ClN4O4. The molecule has 8 nitrogen and oxygen atoms in total. The third-order valence-corrected chi connectivity index (χ3v) is 8.71. The molecule has 0 aliphatic carbocycles. The third kappa shape index (κ3) is 4.73. The molecule has 39 heavy (non-hydrogen) atoms. The van der Waals surface area contributed by atoms with Crippen molar-refractivity contribution < 1.29 is 18.8 Å². The number of nitrogens with one attached hydrogen (secondary N) is 2. The van der Waals surface area contributed by atoms with Crippen LogP contribution in [0.5, 0.6) is 0 Å². The van der Waals surface area contributed by atoms with Gasteiger partial charge >= 0.3 is 0 Å². The third-order valence-electron chi connectivity index (χ3n) is 8.47. The number of fused-ring (bicyclic) bond motifs is 5. The highest BCUT2D eigenvalue weighted by atomic mass is 35.5. The zero-order chi connectivity index (χ0) is 28.1. The number of piperidine rings is 1. The van der Waals surface area contributed by atoms with E-state index in [1.54, 1.807) is 18.4 Å². The monoisotopic (exact) mass is 552 g/mol. The van der Waals surface area contributed by atoms with Gasteiger partial charge in [0.25, 0.3) is 0 Å². The van der Waals surface area contributed by atoms with Crippen LogP contribution in [0.4, 0.5) is 0 Å². The summed E-state index contributed by atoms with van der Waals surface area (Å²) < 4.78 is 5.31. The molecule has 0 radical (unpaired) electrons. The van der Waals surface area contributed by atoms with Crippen molar-refractivity contribution in [3.8, 4) is 0 Å². The molecule has 1 saturated heterocycles. The standard InChI is InChI=1S/C30H37ClN4O4/c1-17(2)35(18(3)4)29(38)24-13-19(14-26(36)32-16-21-7-6-12-39-21)28(37)34-11-10-22-23-15-20(31)8-9-25(23)33-27(22)30(24,34)5/h6-9,12,15,17-19,24,33H,10-11,13-14,16H2,1-5H3,(H,32,36)/t19-,24-,30+/m1/s1. The predicted molar refractivity (Wildman–Crippen MR) is 150 cm³/mol. The van der Waals surface area contributed by atoms with Gasteiger partial charge in [-0.2, -0.15) is 0 Å². The highest BCUT2D eigenvalue weighted by molar-refractivity contribution is 6.31. The topological polar surface area (TPSA) is 98.7 Å². The maximum absolute atomic E-state index is 14.4. The molecule has 0 spiro atoms. The van der Waals surface area contributed by atoms with Crippen LogP contribution in [0, 0.1) is 11.8 Å². The molecule has 9 heteroatoms. The van der Waals surface area contributed by atoms with Crippen LogP contribution in [0.2, 0.25) is 5.02 Å². The van der Waals surface area contributed by atoms with Crippen molar-refractivity contribution in [1.82, 2.24) is 20.1 Å². The van der Waals surface area contributed by atoms with E-state index in [-0.39, 0.29) is 42.8 Å². The number of H-pyrrole nitrogens is 1. The van der Waals surface area contributed by atoms with Crippen LogP contribution in [0.25, 0.3) is 10.9 Å². The highest BCUT2D eigenvalue weighted by Crippen LogP contribution is 2.50. The van der Waals surface area contributed by atoms with E-state index < -0.39 is 17.4 Å². The van der Waals surface area contributed by atoms with Gasteiger partial charge in [0.1, 0.15) is 5.76 Å². The number of hydrogen-bond donors (Lipinski definition) is 2. The predicted octanol–water partition coefficient (Wildman–Crippen LogP) is 5.00. The number of furan rings is 1. The van der Waals surface area contributed by atoms with Gasteiger partial charge in [-0.1, -0.05) is 11.6 Å². The summed E-state index contributed by atoms with van der Waals surface area (Å²) >= 11 is 6.35. The molecule has 3 aromatic rings. The first-order valence-electron chi connectivity index (χ1n) is 13.8. The number of carbonyl (C=O) groups is 3. The molecule has 208 valence electrons. The van der Waals surface area contributed by atoms with Crippen molar-refractivity contribution in [3.05, 3.63) is 58.6 Å². The van der Waals surface area contributed by atoms with Gasteiger partial charge in [-0.05, 0) is 83.4 Å². The van der Waals surface area contributed by atoms with E-state index in [2.05, 4.69) is 10.3 Å². The Morgan fingerprint density at radius 1 is 1.23 bits per heavy atom. The van der Waals surface area contributed by atoms with Crippen LogP contribution in [-0.2, 0) is 32.9 Å². The Labute approximate surface area is 234 Å². The van der Waals surface area contributed by atoms with Gasteiger partial charge in [0.2, 0.25) is 17.7 Å². The molecule has 4 heterocycles. The molecule has 5 rings (SSSR count). The average Bonchev–Trinajstić information content (AvgIpc) is 3.52. The number of benzene rings is 1. The first kappa shape index (κ1) is 27.3. The Morgan fingerprint density at radius 2 is 1.97 bits per heavy atom. The first-order valence-corrected chi connectivity index (χ1v) is 14.1. The van der Waals surface area contributed by atoms with E-state index in [9.17, 15) is 14.4 Å².